The number of benzene rings is 1. The van der Waals surface area contributed by atoms with Crippen LogP contribution in [0, 0.1) is 35.2 Å². The first-order chi connectivity index (χ1) is 12.2. The number of carbonyl (C=O) groups excluding carboxylic acids is 1. The average Bonchev–Trinajstić information content (AvgIpc) is 2.52. The Balaban J connectivity index is 1.93. The average molecular weight is 371 g/mol. The lowest BCUT2D eigenvalue weighted by molar-refractivity contribution is -0.156. The first-order valence-electron chi connectivity index (χ1n) is 9.25. The molecule has 0 spiro atoms. The molecule has 1 saturated carbocycles. The fraction of sp³-hybridized carbons (Fsp3) is 0.650. The highest BCUT2D eigenvalue weighted by Gasteiger charge is 2.33. The molecule has 4 atom stereocenters. The van der Waals surface area contributed by atoms with Crippen LogP contribution >= 0.6 is 0 Å². The molecule has 6 heteroatoms. The first-order valence-corrected chi connectivity index (χ1v) is 9.25. The number of nitrogens with two attached hydrogens (primary N) is 1. The van der Waals surface area contributed by atoms with Crippen LogP contribution in [0.4, 0.5) is 13.2 Å². The Labute approximate surface area is 153 Å². The van der Waals surface area contributed by atoms with Crippen LogP contribution in [0.3, 0.4) is 0 Å². The van der Waals surface area contributed by atoms with Gasteiger partial charge in [-0.05, 0) is 48.6 Å². The molecule has 2 N–H and O–H groups in total. The maximum absolute atomic E-state index is 13.7. The molecule has 1 fully saturated rings. The van der Waals surface area contributed by atoms with Crippen molar-refractivity contribution in [1.29, 1.82) is 0 Å². The van der Waals surface area contributed by atoms with Gasteiger partial charge in [-0.2, -0.15) is 0 Å². The van der Waals surface area contributed by atoms with E-state index in [4.69, 9.17) is 10.5 Å². The molecule has 0 amide bonds. The third-order valence-corrected chi connectivity index (χ3v) is 5.24. The zero-order chi connectivity index (χ0) is 19.4. The Morgan fingerprint density at radius 1 is 1.19 bits per heavy atom. The number of carbonyl (C=O) groups is 1. The molecule has 0 aromatic heterocycles. The largest absolute Gasteiger partial charge is 0.462 e. The fourth-order valence-electron chi connectivity index (χ4n) is 3.76. The van der Waals surface area contributed by atoms with E-state index >= 15 is 0 Å². The zero-order valence-electron chi connectivity index (χ0n) is 15.6. The summed E-state index contributed by atoms with van der Waals surface area (Å²) in [7, 11) is 0. The van der Waals surface area contributed by atoms with E-state index < -0.39 is 29.5 Å². The van der Waals surface area contributed by atoms with Gasteiger partial charge in [-0.3, -0.25) is 4.79 Å². The SMILES string of the molecule is CC(C)[C@@H]1CC[C@@H](C)C[C@H]1OC(=O)CC(N)Cc1cc(F)c(F)cc1F. The molecular formula is C20H28F3NO2. The summed E-state index contributed by atoms with van der Waals surface area (Å²) in [6.07, 6.45) is 2.72. The van der Waals surface area contributed by atoms with Gasteiger partial charge in [0.25, 0.3) is 0 Å². The van der Waals surface area contributed by atoms with Crippen molar-refractivity contribution < 1.29 is 22.7 Å². The molecule has 0 saturated heterocycles. The van der Waals surface area contributed by atoms with Crippen molar-refractivity contribution >= 4 is 5.97 Å². The number of esters is 1. The van der Waals surface area contributed by atoms with E-state index in [-0.39, 0.29) is 24.5 Å². The summed E-state index contributed by atoms with van der Waals surface area (Å²) in [5, 5.41) is 0. The van der Waals surface area contributed by atoms with Crippen molar-refractivity contribution in [3.63, 3.8) is 0 Å². The maximum atomic E-state index is 13.7. The van der Waals surface area contributed by atoms with Gasteiger partial charge in [-0.25, -0.2) is 13.2 Å². The molecule has 1 aromatic rings. The Morgan fingerprint density at radius 2 is 1.85 bits per heavy atom. The van der Waals surface area contributed by atoms with E-state index in [9.17, 15) is 18.0 Å². The highest BCUT2D eigenvalue weighted by Crippen LogP contribution is 2.35. The van der Waals surface area contributed by atoms with E-state index in [0.717, 1.165) is 25.3 Å². The molecule has 1 aliphatic carbocycles. The number of hydrogen-bond acceptors (Lipinski definition) is 3. The van der Waals surface area contributed by atoms with Crippen molar-refractivity contribution in [2.24, 2.45) is 23.5 Å². The second-order valence-corrected chi connectivity index (χ2v) is 7.88. The summed E-state index contributed by atoms with van der Waals surface area (Å²) in [6.45, 7) is 6.40. The molecule has 2 rings (SSSR count). The van der Waals surface area contributed by atoms with Gasteiger partial charge in [0.1, 0.15) is 11.9 Å². The van der Waals surface area contributed by atoms with Crippen molar-refractivity contribution in [3.05, 3.63) is 35.1 Å². The molecular weight excluding hydrogens is 343 g/mol. The minimum absolute atomic E-state index is 0.0458. The Hall–Kier alpha value is -1.56. The van der Waals surface area contributed by atoms with E-state index in [1.165, 1.54) is 0 Å². The second kappa shape index (κ2) is 8.89. The van der Waals surface area contributed by atoms with Gasteiger partial charge in [-0.15, -0.1) is 0 Å². The summed E-state index contributed by atoms with van der Waals surface area (Å²) in [4.78, 5) is 12.3. The third kappa shape index (κ3) is 5.47. The Kier molecular flexibility index (Phi) is 7.09. The van der Waals surface area contributed by atoms with Gasteiger partial charge < -0.3 is 10.5 Å². The molecule has 26 heavy (non-hydrogen) atoms. The predicted octanol–water partition coefficient (Wildman–Crippen LogP) is 4.37. The topological polar surface area (TPSA) is 52.3 Å². The standard InChI is InChI=1S/C20H28F3NO2/c1-11(2)15-5-4-12(3)6-19(15)26-20(25)9-14(24)7-13-8-17(22)18(23)10-16(13)21/h8,10-12,14-15,19H,4-7,9,24H2,1-3H3/t12-,14?,15+,19-/m1/s1. The highest BCUT2D eigenvalue weighted by atomic mass is 19.2. The van der Waals surface area contributed by atoms with Crippen LogP contribution in [0.15, 0.2) is 12.1 Å². The van der Waals surface area contributed by atoms with Crippen molar-refractivity contribution in [1.82, 2.24) is 0 Å². The summed E-state index contributed by atoms with van der Waals surface area (Å²) in [5.41, 5.74) is 5.86. The molecule has 3 nitrogen and oxygen atoms in total. The molecule has 0 bridgehead atoms. The van der Waals surface area contributed by atoms with Gasteiger partial charge in [0, 0.05) is 12.1 Å². The van der Waals surface area contributed by atoms with Crippen LogP contribution in [0.25, 0.3) is 0 Å². The van der Waals surface area contributed by atoms with Crippen molar-refractivity contribution in [2.75, 3.05) is 0 Å². The van der Waals surface area contributed by atoms with Gasteiger partial charge in [0.2, 0.25) is 0 Å². The first kappa shape index (κ1) is 20.7. The lowest BCUT2D eigenvalue weighted by atomic mass is 9.75. The predicted molar refractivity (Wildman–Crippen MR) is 93.8 cm³/mol. The molecule has 1 aliphatic rings. The lowest BCUT2D eigenvalue weighted by Crippen LogP contribution is -2.37. The van der Waals surface area contributed by atoms with Crippen LogP contribution in [0.2, 0.25) is 0 Å². The van der Waals surface area contributed by atoms with Crippen LogP contribution in [0.1, 0.15) is 52.0 Å². The Bertz CT molecular complexity index is 636. The monoisotopic (exact) mass is 371 g/mol. The lowest BCUT2D eigenvalue weighted by Gasteiger charge is -2.36. The number of rotatable bonds is 6. The molecule has 146 valence electrons. The minimum atomic E-state index is -1.25. The van der Waals surface area contributed by atoms with Crippen molar-refractivity contribution in [3.8, 4) is 0 Å². The second-order valence-electron chi connectivity index (χ2n) is 7.88. The zero-order valence-corrected chi connectivity index (χ0v) is 15.6. The summed E-state index contributed by atoms with van der Waals surface area (Å²) in [6, 6.07) is 0.556. The minimum Gasteiger partial charge on any atom is -0.462 e. The van der Waals surface area contributed by atoms with Gasteiger partial charge in [0.05, 0.1) is 6.42 Å². The maximum Gasteiger partial charge on any atom is 0.307 e. The normalized spacial score (nSPS) is 24.5. The highest BCUT2D eigenvalue weighted by molar-refractivity contribution is 5.70. The van der Waals surface area contributed by atoms with Crippen LogP contribution in [0.5, 0.6) is 0 Å². The third-order valence-electron chi connectivity index (χ3n) is 5.24. The van der Waals surface area contributed by atoms with Gasteiger partial charge in [-0.1, -0.05) is 27.2 Å². The van der Waals surface area contributed by atoms with Gasteiger partial charge >= 0.3 is 5.97 Å². The number of ether oxygens (including phenoxy) is 1. The summed E-state index contributed by atoms with van der Waals surface area (Å²) in [5.74, 6) is -2.41. The van der Waals surface area contributed by atoms with E-state index in [0.29, 0.717) is 23.8 Å². The molecule has 0 aliphatic heterocycles. The summed E-state index contributed by atoms with van der Waals surface area (Å²) < 4.78 is 45.6. The number of halogens is 3. The Morgan fingerprint density at radius 3 is 2.50 bits per heavy atom. The molecule has 1 aromatic carbocycles. The van der Waals surface area contributed by atoms with Gasteiger partial charge in [0.15, 0.2) is 11.6 Å². The number of hydrogen-bond donors (Lipinski definition) is 1. The van der Waals surface area contributed by atoms with Crippen LogP contribution in [-0.4, -0.2) is 18.1 Å². The molecule has 0 radical (unpaired) electrons. The van der Waals surface area contributed by atoms with Crippen LogP contribution in [-0.2, 0) is 16.0 Å². The van der Waals surface area contributed by atoms with Crippen LogP contribution < -0.4 is 5.73 Å². The fourth-order valence-corrected chi connectivity index (χ4v) is 3.76. The van der Waals surface area contributed by atoms with Crippen molar-refractivity contribution in [2.45, 2.75) is 65.0 Å². The van der Waals surface area contributed by atoms with E-state index in [1.54, 1.807) is 0 Å². The van der Waals surface area contributed by atoms with E-state index in [2.05, 4.69) is 20.8 Å². The smallest absolute Gasteiger partial charge is 0.307 e. The van der Waals surface area contributed by atoms with E-state index in [1.807, 2.05) is 0 Å². The molecule has 1 unspecified atom stereocenters. The molecule has 0 heterocycles. The quantitative estimate of drug-likeness (QED) is 0.597. The summed E-state index contributed by atoms with van der Waals surface area (Å²) >= 11 is 0.